The van der Waals surface area contributed by atoms with Crippen LogP contribution in [0.4, 0.5) is 11.4 Å². The van der Waals surface area contributed by atoms with E-state index < -0.39 is 33.0 Å². The molecule has 158 valence electrons. The molecule has 1 aliphatic rings. The number of rotatable bonds is 6. The molecule has 1 fully saturated rings. The molecule has 1 heterocycles. The molecule has 2 atom stereocenters. The van der Waals surface area contributed by atoms with E-state index >= 15 is 0 Å². The van der Waals surface area contributed by atoms with E-state index in [1.54, 1.807) is 0 Å². The molecule has 0 radical (unpaired) electrons. The molecule has 0 aromatic heterocycles. The van der Waals surface area contributed by atoms with Crippen molar-refractivity contribution in [1.29, 1.82) is 0 Å². The van der Waals surface area contributed by atoms with Crippen LogP contribution >= 0.6 is 0 Å². The second kappa shape index (κ2) is 8.30. The van der Waals surface area contributed by atoms with Gasteiger partial charge in [-0.25, -0.2) is 8.42 Å². The van der Waals surface area contributed by atoms with Crippen molar-refractivity contribution >= 4 is 33.1 Å². The minimum Gasteiger partial charge on any atom is -0.392 e. The number of hydrogen-bond donors (Lipinski definition) is 2. The molecule has 0 saturated carbocycles. The van der Waals surface area contributed by atoms with E-state index in [0.29, 0.717) is 11.3 Å². The van der Waals surface area contributed by atoms with Gasteiger partial charge in [-0.15, -0.1) is 0 Å². The van der Waals surface area contributed by atoms with Crippen LogP contribution < -0.4 is 5.32 Å². The average Bonchev–Trinajstić information content (AvgIpc) is 3.11. The zero-order valence-electron chi connectivity index (χ0n) is 15.9. The molecule has 2 aromatic carbocycles. The molecule has 1 saturated heterocycles. The highest BCUT2D eigenvalue weighted by Crippen LogP contribution is 2.28. The lowest BCUT2D eigenvalue weighted by molar-refractivity contribution is -0.384. The van der Waals surface area contributed by atoms with Crippen LogP contribution in [0.25, 0.3) is 0 Å². The van der Waals surface area contributed by atoms with Crippen molar-refractivity contribution in [2.24, 2.45) is 0 Å². The van der Waals surface area contributed by atoms with Gasteiger partial charge in [-0.3, -0.25) is 19.7 Å². The van der Waals surface area contributed by atoms with Crippen molar-refractivity contribution in [3.8, 4) is 0 Å². The van der Waals surface area contributed by atoms with Gasteiger partial charge in [-0.1, -0.05) is 0 Å². The van der Waals surface area contributed by atoms with E-state index in [-0.39, 0.29) is 29.3 Å². The fraction of sp³-hybridized carbons (Fsp3) is 0.263. The van der Waals surface area contributed by atoms with Gasteiger partial charge in [0.2, 0.25) is 15.9 Å². The Morgan fingerprint density at radius 3 is 2.27 bits per heavy atom. The minimum absolute atomic E-state index is 0.0937. The van der Waals surface area contributed by atoms with Crippen molar-refractivity contribution in [3.05, 3.63) is 64.2 Å². The van der Waals surface area contributed by atoms with Crippen LogP contribution in [0.1, 0.15) is 23.7 Å². The van der Waals surface area contributed by atoms with Gasteiger partial charge in [-0.2, -0.15) is 4.31 Å². The highest BCUT2D eigenvalue weighted by Gasteiger charge is 2.43. The van der Waals surface area contributed by atoms with Crippen molar-refractivity contribution < 1.29 is 28.0 Å². The van der Waals surface area contributed by atoms with Crippen LogP contribution in [-0.2, 0) is 14.8 Å². The van der Waals surface area contributed by atoms with Crippen molar-refractivity contribution in [1.82, 2.24) is 4.31 Å². The number of aliphatic hydroxyl groups is 1. The van der Waals surface area contributed by atoms with Gasteiger partial charge in [0.1, 0.15) is 6.04 Å². The first kappa shape index (κ1) is 21.6. The highest BCUT2D eigenvalue weighted by molar-refractivity contribution is 7.89. The summed E-state index contributed by atoms with van der Waals surface area (Å²) in [6.07, 6.45) is -1.13. The summed E-state index contributed by atoms with van der Waals surface area (Å²) < 4.78 is 26.8. The van der Waals surface area contributed by atoms with Gasteiger partial charge in [0.15, 0.2) is 5.78 Å². The van der Waals surface area contributed by atoms with Crippen LogP contribution in [0, 0.1) is 10.1 Å². The number of carbonyl (C=O) groups is 2. The van der Waals surface area contributed by atoms with Crippen LogP contribution in [0.15, 0.2) is 53.4 Å². The summed E-state index contributed by atoms with van der Waals surface area (Å²) in [7, 11) is -4.17. The maximum absolute atomic E-state index is 13.0. The smallest absolute Gasteiger partial charge is 0.269 e. The van der Waals surface area contributed by atoms with Crippen molar-refractivity contribution in [3.63, 3.8) is 0 Å². The molecule has 1 aliphatic heterocycles. The predicted molar refractivity (Wildman–Crippen MR) is 106 cm³/mol. The van der Waals surface area contributed by atoms with E-state index in [1.807, 2.05) is 0 Å². The minimum atomic E-state index is -4.17. The molecule has 10 nitrogen and oxygen atoms in total. The largest absolute Gasteiger partial charge is 0.392 e. The summed E-state index contributed by atoms with van der Waals surface area (Å²) in [6, 6.07) is 9.26. The lowest BCUT2D eigenvalue weighted by atomic mass is 10.1. The zero-order valence-corrected chi connectivity index (χ0v) is 16.7. The van der Waals surface area contributed by atoms with E-state index in [1.165, 1.54) is 31.2 Å². The third-order valence-electron chi connectivity index (χ3n) is 4.75. The molecule has 11 heteroatoms. The molecule has 3 rings (SSSR count). The maximum Gasteiger partial charge on any atom is 0.269 e. The van der Waals surface area contributed by atoms with Gasteiger partial charge in [0.25, 0.3) is 5.69 Å². The lowest BCUT2D eigenvalue weighted by Crippen LogP contribution is -2.43. The summed E-state index contributed by atoms with van der Waals surface area (Å²) in [5.41, 5.74) is 0.574. The number of nitrogens with zero attached hydrogens (tertiary/aromatic N) is 2. The number of nitrogens with one attached hydrogen (secondary N) is 1. The monoisotopic (exact) mass is 433 g/mol. The second-order valence-electron chi connectivity index (χ2n) is 6.85. The van der Waals surface area contributed by atoms with E-state index in [4.69, 9.17) is 0 Å². The number of hydrogen-bond acceptors (Lipinski definition) is 7. The van der Waals surface area contributed by atoms with Crippen LogP contribution in [0.3, 0.4) is 0 Å². The highest BCUT2D eigenvalue weighted by atomic mass is 32.2. The number of benzene rings is 2. The normalized spacial score (nSPS) is 19.4. The molecule has 0 spiro atoms. The summed E-state index contributed by atoms with van der Waals surface area (Å²) >= 11 is 0. The Bertz CT molecular complexity index is 1080. The number of nitro benzene ring substituents is 1. The molecule has 2 N–H and O–H groups in total. The lowest BCUT2D eigenvalue weighted by Gasteiger charge is -2.23. The van der Waals surface area contributed by atoms with Gasteiger partial charge in [-0.05, 0) is 43.3 Å². The number of ketones is 1. The van der Waals surface area contributed by atoms with Crippen molar-refractivity contribution in [2.45, 2.75) is 30.4 Å². The number of anilines is 1. The topological polar surface area (TPSA) is 147 Å². The third-order valence-corrected chi connectivity index (χ3v) is 6.64. The first-order valence-corrected chi connectivity index (χ1v) is 10.4. The number of Topliss-reactive ketones (excluding diaryl/α,β-unsaturated/α-hetero) is 1. The SMILES string of the molecule is CC(=O)c1ccc(NC(=O)C2CC(O)CN2S(=O)(=O)c2ccc([N+](=O)[O-])cc2)cc1. The quantitative estimate of drug-likeness (QED) is 0.399. The number of non-ortho nitro benzene ring substituents is 1. The summed E-state index contributed by atoms with van der Waals surface area (Å²) in [6.45, 7) is 1.13. The second-order valence-corrected chi connectivity index (χ2v) is 8.74. The summed E-state index contributed by atoms with van der Waals surface area (Å²) in [5, 5.41) is 23.4. The molecule has 1 amide bonds. The average molecular weight is 433 g/mol. The van der Waals surface area contributed by atoms with Crippen LogP contribution in [0.5, 0.6) is 0 Å². The van der Waals surface area contributed by atoms with E-state index in [0.717, 1.165) is 28.6 Å². The Hall–Kier alpha value is -3.15. The molecule has 2 aromatic rings. The molecule has 0 aliphatic carbocycles. The Morgan fingerprint density at radius 2 is 1.73 bits per heavy atom. The first-order chi connectivity index (χ1) is 14.1. The number of carbonyl (C=O) groups excluding carboxylic acids is 2. The molecule has 30 heavy (non-hydrogen) atoms. The number of β-amino-alcohol motifs (C(OH)–C–C–N with tert-alkyl or cyclic N) is 1. The zero-order chi connectivity index (χ0) is 22.1. The van der Waals surface area contributed by atoms with Gasteiger partial charge in [0, 0.05) is 36.3 Å². The Morgan fingerprint density at radius 1 is 1.13 bits per heavy atom. The Labute approximate surface area is 172 Å². The van der Waals surface area contributed by atoms with Gasteiger partial charge >= 0.3 is 0 Å². The first-order valence-electron chi connectivity index (χ1n) is 8.96. The van der Waals surface area contributed by atoms with E-state index in [9.17, 15) is 33.2 Å². The number of aliphatic hydroxyl groups excluding tert-OH is 1. The maximum atomic E-state index is 13.0. The predicted octanol–water partition coefficient (Wildman–Crippen LogP) is 1.56. The molecule has 2 unspecified atom stereocenters. The number of sulfonamides is 1. The molecular formula is C19H19N3O7S. The third kappa shape index (κ3) is 4.37. The summed E-state index contributed by atoms with van der Waals surface area (Å²) in [4.78, 5) is 34.0. The Balaban J connectivity index is 1.82. The van der Waals surface area contributed by atoms with Crippen LogP contribution in [-0.4, -0.2) is 53.1 Å². The number of nitro groups is 1. The van der Waals surface area contributed by atoms with E-state index in [2.05, 4.69) is 5.32 Å². The van der Waals surface area contributed by atoms with Crippen molar-refractivity contribution in [2.75, 3.05) is 11.9 Å². The fourth-order valence-corrected chi connectivity index (χ4v) is 4.81. The van der Waals surface area contributed by atoms with Crippen LogP contribution in [0.2, 0.25) is 0 Å². The standard InChI is InChI=1S/C19H19N3O7S/c1-12(23)13-2-4-14(5-3-13)20-19(25)18-10-16(24)11-21(18)30(28,29)17-8-6-15(7-9-17)22(26)27/h2-9,16,18,24H,10-11H2,1H3,(H,20,25). The fourth-order valence-electron chi connectivity index (χ4n) is 3.18. The molecular weight excluding hydrogens is 414 g/mol. The Kier molecular flexibility index (Phi) is 5.97. The summed E-state index contributed by atoms with van der Waals surface area (Å²) in [5.74, 6) is -0.764. The molecule has 0 bridgehead atoms. The number of amides is 1. The van der Waals surface area contributed by atoms with Gasteiger partial charge < -0.3 is 10.4 Å². The van der Waals surface area contributed by atoms with Gasteiger partial charge in [0.05, 0.1) is 15.9 Å².